The average Bonchev–Trinajstić information content (AvgIpc) is 3.94. The van der Waals surface area contributed by atoms with Crippen LogP contribution in [0.2, 0.25) is 0 Å². The minimum Gasteiger partial charge on any atom is -0.310 e. The summed E-state index contributed by atoms with van der Waals surface area (Å²) in [4.78, 5) is 2.49. The van der Waals surface area contributed by atoms with Gasteiger partial charge in [-0.25, -0.2) is 0 Å². The summed E-state index contributed by atoms with van der Waals surface area (Å²) in [5, 5.41) is 0. The average molecular weight is 842 g/mol. The fraction of sp³-hybridized carbons (Fsp3) is 0.0769. The third kappa shape index (κ3) is 5.23. The molecule has 0 N–H and O–H groups in total. The van der Waals surface area contributed by atoms with Crippen LogP contribution >= 0.6 is 0 Å². The summed E-state index contributed by atoms with van der Waals surface area (Å²) < 4.78 is 0. The predicted octanol–water partition coefficient (Wildman–Crippen LogP) is 16.2. The maximum absolute atomic E-state index is 2.49. The van der Waals surface area contributed by atoms with Gasteiger partial charge in [0.05, 0.1) is 10.8 Å². The van der Waals surface area contributed by atoms with Gasteiger partial charge in [-0.15, -0.1) is 0 Å². The Balaban J connectivity index is 1.03. The van der Waals surface area contributed by atoms with Crippen LogP contribution in [0.15, 0.2) is 249 Å². The van der Waals surface area contributed by atoms with E-state index < -0.39 is 10.8 Å². The molecule has 0 spiro atoms. The van der Waals surface area contributed by atoms with Crippen molar-refractivity contribution in [3.63, 3.8) is 0 Å². The first-order valence-corrected chi connectivity index (χ1v) is 23.3. The third-order valence-electron chi connectivity index (χ3n) is 15.2. The fourth-order valence-electron chi connectivity index (χ4n) is 12.4. The van der Waals surface area contributed by atoms with Crippen molar-refractivity contribution < 1.29 is 0 Å². The summed E-state index contributed by atoms with van der Waals surface area (Å²) in [5.41, 5.74) is 23.1. The summed E-state index contributed by atoms with van der Waals surface area (Å²) in [6.07, 6.45) is 0. The molecule has 0 unspecified atom stereocenters. The second-order valence-corrected chi connectivity index (χ2v) is 18.7. The number of benzene rings is 10. The van der Waals surface area contributed by atoms with Crippen LogP contribution < -0.4 is 4.90 Å². The van der Waals surface area contributed by atoms with Crippen LogP contribution in [0.5, 0.6) is 0 Å². The normalized spacial score (nSPS) is 14.9. The van der Waals surface area contributed by atoms with E-state index in [1.54, 1.807) is 0 Å². The summed E-state index contributed by atoms with van der Waals surface area (Å²) in [7, 11) is 0. The Morgan fingerprint density at radius 2 is 0.576 bits per heavy atom. The van der Waals surface area contributed by atoms with E-state index in [1.165, 1.54) is 89.0 Å². The molecule has 0 atom stereocenters. The lowest BCUT2D eigenvalue weighted by atomic mass is 9.67. The molecule has 0 saturated carbocycles. The number of rotatable bonds is 7. The number of anilines is 3. The Hall–Kier alpha value is -8.00. The maximum Gasteiger partial charge on any atom is 0.0713 e. The highest BCUT2D eigenvalue weighted by Crippen LogP contribution is 2.59. The zero-order valence-electron chi connectivity index (χ0n) is 37.1. The molecule has 1 nitrogen and oxygen atoms in total. The molecule has 0 amide bonds. The Morgan fingerprint density at radius 3 is 1.08 bits per heavy atom. The van der Waals surface area contributed by atoms with E-state index >= 15 is 0 Å². The lowest BCUT2D eigenvalue weighted by molar-refractivity contribution is 0.660. The Labute approximate surface area is 388 Å². The van der Waals surface area contributed by atoms with Gasteiger partial charge in [0.1, 0.15) is 0 Å². The summed E-state index contributed by atoms with van der Waals surface area (Å²) in [6, 6.07) is 93.1. The minimum absolute atomic E-state index is 0.148. The topological polar surface area (TPSA) is 3.24 Å². The fourth-order valence-corrected chi connectivity index (χ4v) is 12.4. The summed E-state index contributed by atoms with van der Waals surface area (Å²) >= 11 is 0. The molecule has 0 fully saturated rings. The van der Waals surface area contributed by atoms with Gasteiger partial charge in [-0.1, -0.05) is 226 Å². The van der Waals surface area contributed by atoms with Crippen LogP contribution in [0.1, 0.15) is 69.5 Å². The molecule has 66 heavy (non-hydrogen) atoms. The molecule has 0 aromatic heterocycles. The zero-order chi connectivity index (χ0) is 44.0. The van der Waals surface area contributed by atoms with Gasteiger partial charge in [0.15, 0.2) is 0 Å². The van der Waals surface area contributed by atoms with E-state index in [0.29, 0.717) is 0 Å². The number of nitrogens with zero attached hydrogens (tertiary/aromatic N) is 1. The van der Waals surface area contributed by atoms with E-state index in [-0.39, 0.29) is 5.41 Å². The number of fused-ring (bicyclic) bond motifs is 9. The highest BCUT2D eigenvalue weighted by atomic mass is 15.1. The van der Waals surface area contributed by atoms with E-state index in [2.05, 4.69) is 267 Å². The van der Waals surface area contributed by atoms with Gasteiger partial charge in [-0.3, -0.25) is 0 Å². The van der Waals surface area contributed by atoms with Crippen molar-refractivity contribution in [3.05, 3.63) is 304 Å². The molecule has 0 bridgehead atoms. The highest BCUT2D eigenvalue weighted by molar-refractivity contribution is 5.92. The largest absolute Gasteiger partial charge is 0.310 e. The Kier molecular flexibility index (Phi) is 8.45. The van der Waals surface area contributed by atoms with Crippen LogP contribution in [-0.2, 0) is 16.2 Å². The SMILES string of the molecule is CC1(C)c2ccccc2-c2ccc(N(c3ccc(C4(c5ccccc5)c5ccccc5-c5ccccc54)cc3)c3ccc4c(c3)-c3ccccc3C4(c3ccccc3)c3ccccc3)cc21. The lowest BCUT2D eigenvalue weighted by Gasteiger charge is -2.35. The second-order valence-electron chi connectivity index (χ2n) is 18.7. The van der Waals surface area contributed by atoms with E-state index in [9.17, 15) is 0 Å². The Morgan fingerprint density at radius 1 is 0.242 bits per heavy atom. The lowest BCUT2D eigenvalue weighted by Crippen LogP contribution is -2.28. The molecule has 10 aromatic carbocycles. The molecule has 3 aliphatic carbocycles. The molecule has 3 aliphatic rings. The summed E-state index contributed by atoms with van der Waals surface area (Å²) in [6.45, 7) is 4.75. The minimum atomic E-state index is -0.476. The Bertz CT molecular complexity index is 3410. The van der Waals surface area contributed by atoms with Crippen molar-refractivity contribution in [2.24, 2.45) is 0 Å². The van der Waals surface area contributed by atoms with Crippen LogP contribution in [0.25, 0.3) is 33.4 Å². The van der Waals surface area contributed by atoms with Gasteiger partial charge in [-0.2, -0.15) is 0 Å². The van der Waals surface area contributed by atoms with Gasteiger partial charge < -0.3 is 4.90 Å². The van der Waals surface area contributed by atoms with E-state index in [0.717, 1.165) is 17.1 Å². The second kappa shape index (κ2) is 14.5. The molecule has 13 rings (SSSR count). The van der Waals surface area contributed by atoms with Crippen molar-refractivity contribution in [2.75, 3.05) is 4.90 Å². The molecule has 0 radical (unpaired) electrons. The summed E-state index contributed by atoms with van der Waals surface area (Å²) in [5.74, 6) is 0. The first-order valence-electron chi connectivity index (χ1n) is 23.3. The first-order chi connectivity index (χ1) is 32.5. The predicted molar refractivity (Wildman–Crippen MR) is 273 cm³/mol. The zero-order valence-corrected chi connectivity index (χ0v) is 37.1. The number of hydrogen-bond donors (Lipinski definition) is 0. The quantitative estimate of drug-likeness (QED) is 0.155. The van der Waals surface area contributed by atoms with Crippen molar-refractivity contribution in [2.45, 2.75) is 30.1 Å². The number of hydrogen-bond acceptors (Lipinski definition) is 1. The smallest absolute Gasteiger partial charge is 0.0713 e. The van der Waals surface area contributed by atoms with E-state index in [1.807, 2.05) is 0 Å². The molecule has 0 saturated heterocycles. The highest BCUT2D eigenvalue weighted by Gasteiger charge is 2.48. The van der Waals surface area contributed by atoms with Crippen molar-refractivity contribution in [3.8, 4) is 33.4 Å². The van der Waals surface area contributed by atoms with Crippen molar-refractivity contribution in [1.29, 1.82) is 0 Å². The van der Waals surface area contributed by atoms with Crippen LogP contribution in [-0.4, -0.2) is 0 Å². The van der Waals surface area contributed by atoms with Crippen LogP contribution in [0.3, 0.4) is 0 Å². The van der Waals surface area contributed by atoms with Gasteiger partial charge in [0.25, 0.3) is 0 Å². The molecular weight excluding hydrogens is 795 g/mol. The van der Waals surface area contributed by atoms with Crippen molar-refractivity contribution in [1.82, 2.24) is 0 Å². The molecule has 0 heterocycles. The first kappa shape index (κ1) is 38.5. The molecule has 312 valence electrons. The van der Waals surface area contributed by atoms with E-state index in [4.69, 9.17) is 0 Å². The molecule has 1 heteroatoms. The van der Waals surface area contributed by atoms with Crippen LogP contribution in [0, 0.1) is 0 Å². The van der Waals surface area contributed by atoms with Gasteiger partial charge >= 0.3 is 0 Å². The van der Waals surface area contributed by atoms with Gasteiger partial charge in [0.2, 0.25) is 0 Å². The maximum atomic E-state index is 2.49. The van der Waals surface area contributed by atoms with Crippen LogP contribution in [0.4, 0.5) is 17.1 Å². The molecular formula is C65H47N. The van der Waals surface area contributed by atoms with Crippen molar-refractivity contribution >= 4 is 17.1 Å². The van der Waals surface area contributed by atoms with Gasteiger partial charge in [-0.05, 0) is 125 Å². The molecule has 10 aromatic rings. The standard InChI is InChI=1S/C65H47N/c1-63(2)57-30-16-12-26-51(57)55-40-38-50(43-62(55)63)66(48-36-34-47(35-37-48)65(46-24-10-5-11-25-46)58-31-17-13-27-52(58)53-28-14-18-32-59(53)65)49-39-41-61-56(42-49)54-29-15-19-33-60(54)64(61,44-20-6-3-7-21-44)45-22-8-4-9-23-45/h3-43H,1-2H3. The monoisotopic (exact) mass is 841 g/mol. The molecule has 0 aliphatic heterocycles. The third-order valence-corrected chi connectivity index (χ3v) is 15.2. The van der Waals surface area contributed by atoms with Gasteiger partial charge in [0, 0.05) is 22.5 Å².